The molecule has 3 aromatic carbocycles. The number of phenolic OH excluding ortho intramolecular Hbond substituents is 1. The molecule has 0 amide bonds. The molecule has 0 aliphatic carbocycles. The first-order valence-corrected chi connectivity index (χ1v) is 15.7. The Hall–Kier alpha value is -1.79. The van der Waals surface area contributed by atoms with Crippen LogP contribution < -0.4 is 10.6 Å². The van der Waals surface area contributed by atoms with E-state index < -0.39 is 5.96 Å². The molecule has 0 aliphatic heterocycles. The van der Waals surface area contributed by atoms with Crippen LogP contribution in [0.25, 0.3) is 5.57 Å². The van der Waals surface area contributed by atoms with Crippen molar-refractivity contribution >= 4 is 45.0 Å². The van der Waals surface area contributed by atoms with Crippen molar-refractivity contribution in [1.82, 2.24) is 0 Å². The summed E-state index contributed by atoms with van der Waals surface area (Å²) in [5.41, 5.74) is 1.86. The first kappa shape index (κ1) is 25.8. The van der Waals surface area contributed by atoms with Gasteiger partial charge in [0.05, 0.1) is 0 Å². The zero-order valence-corrected chi connectivity index (χ0v) is 22.1. The molecule has 4 heteroatoms. The second kappa shape index (κ2) is 11.6. The number of hydrogen-bond donors (Lipinski definition) is 1. The Morgan fingerprint density at radius 2 is 1.39 bits per heavy atom. The average molecular weight is 501 g/mol. The third-order valence-electron chi connectivity index (χ3n) is 6.36. The van der Waals surface area contributed by atoms with Crippen molar-refractivity contribution in [2.75, 3.05) is 6.16 Å². The molecule has 0 unspecified atom stereocenters. The van der Waals surface area contributed by atoms with Crippen molar-refractivity contribution in [3.8, 4) is 5.75 Å². The van der Waals surface area contributed by atoms with Crippen molar-refractivity contribution in [1.29, 1.82) is 0 Å². The molecular formula is C29H35Cl2OP. The van der Waals surface area contributed by atoms with Crippen molar-refractivity contribution in [3.05, 3.63) is 95.3 Å². The fourth-order valence-corrected chi connectivity index (χ4v) is 10.7. The van der Waals surface area contributed by atoms with Crippen LogP contribution in [0.1, 0.15) is 57.9 Å². The van der Waals surface area contributed by atoms with E-state index in [1.807, 2.05) is 18.2 Å². The predicted octanol–water partition coefficient (Wildman–Crippen LogP) is 9.12. The van der Waals surface area contributed by atoms with Crippen LogP contribution in [0.2, 0.25) is 5.02 Å². The Balaban J connectivity index is 2.36. The van der Waals surface area contributed by atoms with Gasteiger partial charge in [0.2, 0.25) is 0 Å². The van der Waals surface area contributed by atoms with Gasteiger partial charge in [-0.05, 0) is 0 Å². The fourth-order valence-electron chi connectivity index (χ4n) is 4.52. The number of aromatic hydroxyl groups is 1. The van der Waals surface area contributed by atoms with E-state index in [9.17, 15) is 5.11 Å². The van der Waals surface area contributed by atoms with E-state index in [0.29, 0.717) is 5.02 Å². The number of benzene rings is 3. The molecule has 1 N–H and O–H groups in total. The summed E-state index contributed by atoms with van der Waals surface area (Å²) in [5, 5.41) is 13.8. The van der Waals surface area contributed by atoms with Crippen LogP contribution in [0.5, 0.6) is 5.75 Å². The Labute approximate surface area is 209 Å². The van der Waals surface area contributed by atoms with Gasteiger partial charge in [0, 0.05) is 0 Å². The van der Waals surface area contributed by atoms with Gasteiger partial charge >= 0.3 is 210 Å². The normalized spacial score (nSPS) is 13.5. The number of phenols is 1. The molecule has 0 aromatic heterocycles. The summed E-state index contributed by atoms with van der Waals surface area (Å²) in [6.07, 6.45) is 7.09. The van der Waals surface area contributed by atoms with Crippen molar-refractivity contribution in [3.63, 3.8) is 0 Å². The monoisotopic (exact) mass is 500 g/mol. The molecule has 176 valence electrons. The van der Waals surface area contributed by atoms with Crippen LogP contribution >= 0.6 is 28.8 Å². The summed E-state index contributed by atoms with van der Waals surface area (Å²) in [7, 11) is 0. The molecule has 0 heterocycles. The Morgan fingerprint density at radius 3 is 1.94 bits per heavy atom. The van der Waals surface area contributed by atoms with E-state index in [1.165, 1.54) is 10.6 Å². The van der Waals surface area contributed by atoms with Crippen molar-refractivity contribution < 1.29 is 5.11 Å². The maximum atomic E-state index is 10.8. The summed E-state index contributed by atoms with van der Waals surface area (Å²) in [4.78, 5) is 0. The number of halogens is 2. The zero-order chi connectivity index (χ0) is 23.8. The van der Waals surface area contributed by atoms with Crippen LogP contribution in [-0.4, -0.2) is 11.3 Å². The molecule has 1 nitrogen and oxygen atoms in total. The SMILES string of the molecule is CCCCCP(Cl)(/C=C(/CCCC)c1cc(Cl)ccc1O)(c1ccccc1)c1ccccc1. The molecule has 0 fully saturated rings. The Bertz CT molecular complexity index is 1020. The summed E-state index contributed by atoms with van der Waals surface area (Å²) in [6, 6.07) is 26.4. The van der Waals surface area contributed by atoms with E-state index in [0.717, 1.165) is 55.8 Å². The first-order chi connectivity index (χ1) is 15.9. The van der Waals surface area contributed by atoms with Gasteiger partial charge in [-0.3, -0.25) is 0 Å². The van der Waals surface area contributed by atoms with E-state index in [4.69, 9.17) is 22.8 Å². The van der Waals surface area contributed by atoms with Gasteiger partial charge in [0.15, 0.2) is 0 Å². The minimum atomic E-state index is -3.28. The van der Waals surface area contributed by atoms with Gasteiger partial charge in [-0.2, -0.15) is 0 Å². The Morgan fingerprint density at radius 1 is 0.818 bits per heavy atom. The molecule has 3 aromatic rings. The van der Waals surface area contributed by atoms with Crippen LogP contribution in [0.4, 0.5) is 0 Å². The van der Waals surface area contributed by atoms with Gasteiger partial charge in [0.1, 0.15) is 0 Å². The molecule has 0 spiro atoms. The summed E-state index contributed by atoms with van der Waals surface area (Å²) in [5.74, 6) is -0.691. The quantitative estimate of drug-likeness (QED) is 0.205. The third-order valence-corrected chi connectivity index (χ3v) is 13.4. The average Bonchev–Trinajstić information content (AvgIpc) is 2.85. The number of hydrogen-bond acceptors (Lipinski definition) is 1. The van der Waals surface area contributed by atoms with Gasteiger partial charge in [-0.15, -0.1) is 0 Å². The van der Waals surface area contributed by atoms with Crippen LogP contribution in [0.15, 0.2) is 84.7 Å². The third kappa shape index (κ3) is 5.83. The fraction of sp³-hybridized carbons (Fsp3) is 0.310. The van der Waals surface area contributed by atoms with Crippen molar-refractivity contribution in [2.24, 2.45) is 0 Å². The van der Waals surface area contributed by atoms with Gasteiger partial charge < -0.3 is 0 Å². The van der Waals surface area contributed by atoms with Crippen LogP contribution in [0.3, 0.4) is 0 Å². The maximum absolute atomic E-state index is 10.8. The predicted molar refractivity (Wildman–Crippen MR) is 150 cm³/mol. The second-order valence-electron chi connectivity index (χ2n) is 8.78. The van der Waals surface area contributed by atoms with Crippen LogP contribution in [0, 0.1) is 0 Å². The van der Waals surface area contributed by atoms with Gasteiger partial charge in [-0.25, -0.2) is 0 Å². The van der Waals surface area contributed by atoms with Gasteiger partial charge in [-0.1, -0.05) is 0 Å². The summed E-state index contributed by atoms with van der Waals surface area (Å²) in [6.45, 7) is 4.41. The molecular weight excluding hydrogens is 466 g/mol. The molecule has 0 atom stereocenters. The zero-order valence-electron chi connectivity index (χ0n) is 19.7. The molecule has 33 heavy (non-hydrogen) atoms. The first-order valence-electron chi connectivity index (χ1n) is 12.0. The minimum absolute atomic E-state index is 0.248. The second-order valence-corrected chi connectivity index (χ2v) is 15.8. The molecule has 3 rings (SSSR count). The number of rotatable bonds is 11. The standard InChI is InChI=1S/C29H35Cl2OP/c1-3-5-13-21-33(31,26-15-9-7-10-16-26,27-17-11-8-12-18-27)23-24(14-6-4-2)28-22-25(30)19-20-29(28)32/h7-12,15-20,22-23,32H,3-6,13-14,21H2,1-2H3/b24-23-. The van der Waals surface area contributed by atoms with Crippen molar-refractivity contribution in [2.45, 2.75) is 52.4 Å². The summed E-state index contributed by atoms with van der Waals surface area (Å²) < 4.78 is 0. The van der Waals surface area contributed by atoms with Gasteiger partial charge in [0.25, 0.3) is 0 Å². The van der Waals surface area contributed by atoms with E-state index in [-0.39, 0.29) is 5.75 Å². The molecule has 0 bridgehead atoms. The molecule has 0 radical (unpaired) electrons. The summed E-state index contributed by atoms with van der Waals surface area (Å²) >= 11 is 14.5. The number of allylic oxidation sites excluding steroid dienone is 1. The van der Waals surface area contributed by atoms with E-state index in [2.05, 4.69) is 68.2 Å². The molecule has 0 aliphatic rings. The van der Waals surface area contributed by atoms with E-state index in [1.54, 1.807) is 12.1 Å². The van der Waals surface area contributed by atoms with E-state index >= 15 is 0 Å². The topological polar surface area (TPSA) is 20.2 Å². The van der Waals surface area contributed by atoms with Crippen LogP contribution in [-0.2, 0) is 0 Å². The Kier molecular flexibility index (Phi) is 9.05. The molecule has 0 saturated heterocycles. The molecule has 0 saturated carbocycles. The number of unbranched alkanes of at least 4 members (excludes halogenated alkanes) is 3.